The summed E-state index contributed by atoms with van der Waals surface area (Å²) in [5.74, 6) is -1.06. The van der Waals surface area contributed by atoms with E-state index in [4.69, 9.17) is 0 Å². The number of benzene rings is 2. The maximum atomic E-state index is 12.8. The molecular formula is C24H24N4O4. The van der Waals surface area contributed by atoms with Gasteiger partial charge in [0.15, 0.2) is 0 Å². The first kappa shape index (κ1) is 20.2. The predicted molar refractivity (Wildman–Crippen MR) is 116 cm³/mol. The van der Waals surface area contributed by atoms with Crippen molar-refractivity contribution < 1.29 is 19.2 Å². The summed E-state index contributed by atoms with van der Waals surface area (Å²) >= 11 is 0. The van der Waals surface area contributed by atoms with Crippen LogP contribution in [-0.2, 0) is 33.9 Å². The Kier molecular flexibility index (Phi) is 5.13. The molecule has 3 N–H and O–H groups in total. The van der Waals surface area contributed by atoms with Crippen LogP contribution in [0.15, 0.2) is 42.5 Å². The molecule has 1 saturated heterocycles. The van der Waals surface area contributed by atoms with Crippen LogP contribution in [0.25, 0.3) is 0 Å². The van der Waals surface area contributed by atoms with E-state index >= 15 is 0 Å². The molecule has 8 heteroatoms. The molecule has 3 aliphatic heterocycles. The third-order valence-electron chi connectivity index (χ3n) is 6.45. The van der Waals surface area contributed by atoms with Crippen molar-refractivity contribution in [2.75, 3.05) is 11.9 Å². The van der Waals surface area contributed by atoms with Crippen LogP contribution in [0.2, 0.25) is 0 Å². The normalized spacial score (nSPS) is 22.0. The highest BCUT2D eigenvalue weighted by molar-refractivity contribution is 6.05. The number of carbonyl (C=O) groups is 4. The van der Waals surface area contributed by atoms with E-state index in [0.29, 0.717) is 38.0 Å². The van der Waals surface area contributed by atoms with E-state index in [-0.39, 0.29) is 30.1 Å². The maximum absolute atomic E-state index is 12.8. The fraction of sp³-hybridized carbons (Fsp3) is 0.333. The molecule has 2 unspecified atom stereocenters. The lowest BCUT2D eigenvalue weighted by atomic mass is 9.93. The summed E-state index contributed by atoms with van der Waals surface area (Å²) in [6.45, 7) is 1.30. The van der Waals surface area contributed by atoms with Gasteiger partial charge < -0.3 is 15.5 Å². The fourth-order valence-electron chi connectivity index (χ4n) is 4.70. The quantitative estimate of drug-likeness (QED) is 0.632. The largest absolute Gasteiger partial charge is 0.384 e. The van der Waals surface area contributed by atoms with Gasteiger partial charge in [0, 0.05) is 37.3 Å². The van der Waals surface area contributed by atoms with Crippen molar-refractivity contribution >= 4 is 29.3 Å². The van der Waals surface area contributed by atoms with Gasteiger partial charge in [-0.2, -0.15) is 0 Å². The Balaban J connectivity index is 1.22. The van der Waals surface area contributed by atoms with E-state index in [2.05, 4.69) is 16.0 Å². The standard InChI is InChI=1S/C24H24N4O4/c29-21-8-7-20(23(31)27-21)28-13-17-9-14(5-6-18(17)24(28)32)11-26-22(30)16-10-15-3-1-2-4-19(15)25-12-16/h1-6,9,16,20,25H,7-8,10-13H2,(H,26,30)(H,27,29,31). The van der Waals surface area contributed by atoms with Crippen LogP contribution in [0.1, 0.15) is 39.9 Å². The van der Waals surface area contributed by atoms with Crippen LogP contribution in [0, 0.1) is 5.92 Å². The van der Waals surface area contributed by atoms with Crippen LogP contribution < -0.4 is 16.0 Å². The first-order valence-corrected chi connectivity index (χ1v) is 10.9. The zero-order chi connectivity index (χ0) is 22.2. The third kappa shape index (κ3) is 3.72. The summed E-state index contributed by atoms with van der Waals surface area (Å²) in [5.41, 5.74) is 4.53. The Morgan fingerprint density at radius 2 is 1.94 bits per heavy atom. The lowest BCUT2D eigenvalue weighted by Gasteiger charge is -2.29. The predicted octanol–water partition coefficient (Wildman–Crippen LogP) is 1.35. The average molecular weight is 432 g/mol. The monoisotopic (exact) mass is 432 g/mol. The Morgan fingerprint density at radius 1 is 1.09 bits per heavy atom. The number of nitrogens with zero attached hydrogens (tertiary/aromatic N) is 1. The maximum Gasteiger partial charge on any atom is 0.255 e. The molecule has 3 heterocycles. The summed E-state index contributed by atoms with van der Waals surface area (Å²) in [6, 6.07) is 12.9. The highest BCUT2D eigenvalue weighted by Crippen LogP contribution is 2.28. The summed E-state index contributed by atoms with van der Waals surface area (Å²) in [6.07, 6.45) is 1.27. The van der Waals surface area contributed by atoms with Crippen molar-refractivity contribution in [2.45, 2.75) is 38.4 Å². The van der Waals surface area contributed by atoms with Crippen LogP contribution >= 0.6 is 0 Å². The molecular weight excluding hydrogens is 408 g/mol. The molecule has 2 aromatic rings. The van der Waals surface area contributed by atoms with Crippen molar-refractivity contribution in [3.63, 3.8) is 0 Å². The minimum Gasteiger partial charge on any atom is -0.384 e. The summed E-state index contributed by atoms with van der Waals surface area (Å²) in [7, 11) is 0. The van der Waals surface area contributed by atoms with E-state index in [9.17, 15) is 19.2 Å². The molecule has 0 spiro atoms. The second-order valence-corrected chi connectivity index (χ2v) is 8.55. The number of rotatable bonds is 4. The Labute approximate surface area is 185 Å². The highest BCUT2D eigenvalue weighted by Gasteiger charge is 2.39. The number of amides is 4. The van der Waals surface area contributed by atoms with E-state index < -0.39 is 11.9 Å². The molecule has 0 bridgehead atoms. The molecule has 4 amide bonds. The number of para-hydroxylation sites is 1. The van der Waals surface area contributed by atoms with Crippen LogP contribution in [0.3, 0.4) is 0 Å². The first-order chi connectivity index (χ1) is 15.5. The van der Waals surface area contributed by atoms with E-state index in [1.807, 2.05) is 36.4 Å². The summed E-state index contributed by atoms with van der Waals surface area (Å²) in [4.78, 5) is 50.6. The summed E-state index contributed by atoms with van der Waals surface area (Å²) < 4.78 is 0. The van der Waals surface area contributed by atoms with Crippen molar-refractivity contribution in [3.8, 4) is 0 Å². The molecule has 8 nitrogen and oxygen atoms in total. The van der Waals surface area contributed by atoms with Crippen LogP contribution in [-0.4, -0.2) is 41.1 Å². The van der Waals surface area contributed by atoms with E-state index in [1.54, 1.807) is 6.07 Å². The summed E-state index contributed by atoms with van der Waals surface area (Å²) in [5, 5.41) is 8.64. The van der Waals surface area contributed by atoms with E-state index in [0.717, 1.165) is 22.4 Å². The average Bonchev–Trinajstić information content (AvgIpc) is 3.12. The van der Waals surface area contributed by atoms with Crippen LogP contribution in [0.4, 0.5) is 5.69 Å². The Hall–Kier alpha value is -3.68. The van der Waals surface area contributed by atoms with Gasteiger partial charge in [-0.15, -0.1) is 0 Å². The molecule has 1 fully saturated rings. The smallest absolute Gasteiger partial charge is 0.255 e. The molecule has 32 heavy (non-hydrogen) atoms. The molecule has 0 aromatic heterocycles. The number of anilines is 1. The van der Waals surface area contributed by atoms with Gasteiger partial charge >= 0.3 is 0 Å². The van der Waals surface area contributed by atoms with Gasteiger partial charge in [0.05, 0.1) is 5.92 Å². The number of hydrogen-bond donors (Lipinski definition) is 3. The van der Waals surface area contributed by atoms with Crippen molar-refractivity contribution in [1.82, 2.24) is 15.5 Å². The fourth-order valence-corrected chi connectivity index (χ4v) is 4.70. The van der Waals surface area contributed by atoms with Gasteiger partial charge in [-0.1, -0.05) is 30.3 Å². The van der Waals surface area contributed by atoms with Gasteiger partial charge in [-0.05, 0) is 41.7 Å². The van der Waals surface area contributed by atoms with Gasteiger partial charge in [0.2, 0.25) is 17.7 Å². The molecule has 164 valence electrons. The van der Waals surface area contributed by atoms with Crippen LogP contribution in [0.5, 0.6) is 0 Å². The van der Waals surface area contributed by atoms with Gasteiger partial charge in [0.1, 0.15) is 6.04 Å². The van der Waals surface area contributed by atoms with Crippen molar-refractivity contribution in [1.29, 1.82) is 0 Å². The number of fused-ring (bicyclic) bond motifs is 2. The van der Waals surface area contributed by atoms with Gasteiger partial charge in [-0.3, -0.25) is 24.5 Å². The number of piperidine rings is 1. The molecule has 3 aliphatic rings. The Morgan fingerprint density at radius 3 is 2.78 bits per heavy atom. The van der Waals surface area contributed by atoms with Gasteiger partial charge in [0.25, 0.3) is 5.91 Å². The zero-order valence-corrected chi connectivity index (χ0v) is 17.5. The zero-order valence-electron chi connectivity index (χ0n) is 17.5. The topological polar surface area (TPSA) is 108 Å². The van der Waals surface area contributed by atoms with Crippen molar-refractivity contribution in [2.24, 2.45) is 5.92 Å². The number of hydrogen-bond acceptors (Lipinski definition) is 5. The van der Waals surface area contributed by atoms with Gasteiger partial charge in [-0.25, -0.2) is 0 Å². The number of carbonyl (C=O) groups excluding carboxylic acids is 4. The molecule has 0 aliphatic carbocycles. The molecule has 0 saturated carbocycles. The number of nitrogens with one attached hydrogen (secondary N) is 3. The molecule has 0 radical (unpaired) electrons. The molecule has 5 rings (SSSR count). The highest BCUT2D eigenvalue weighted by atomic mass is 16.2. The lowest BCUT2D eigenvalue weighted by Crippen LogP contribution is -2.52. The molecule has 2 aromatic carbocycles. The lowest BCUT2D eigenvalue weighted by molar-refractivity contribution is -0.137. The van der Waals surface area contributed by atoms with Crippen molar-refractivity contribution in [3.05, 3.63) is 64.7 Å². The second-order valence-electron chi connectivity index (χ2n) is 8.55. The first-order valence-electron chi connectivity index (χ1n) is 10.9. The molecule has 2 atom stereocenters. The minimum absolute atomic E-state index is 0.00579. The number of imide groups is 1. The minimum atomic E-state index is -0.627. The van der Waals surface area contributed by atoms with E-state index in [1.165, 1.54) is 4.90 Å². The third-order valence-corrected chi connectivity index (χ3v) is 6.45. The second kappa shape index (κ2) is 8.11. The SMILES string of the molecule is O=C1CCC(N2Cc3cc(CNC(=O)C4CNc5ccccc5C4)ccc3C2=O)C(=O)N1. The Bertz CT molecular complexity index is 1130.